The van der Waals surface area contributed by atoms with Gasteiger partial charge in [-0.25, -0.2) is 19.9 Å². The molecule has 7 heteroatoms. The Labute approximate surface area is 386 Å². The van der Waals surface area contributed by atoms with Gasteiger partial charge in [0, 0.05) is 67.8 Å². The molecule has 0 aliphatic rings. The van der Waals surface area contributed by atoms with E-state index in [2.05, 4.69) is 226 Å². The fourth-order valence-corrected chi connectivity index (χ4v) is 9.63. The van der Waals surface area contributed by atoms with Gasteiger partial charge in [0.15, 0.2) is 5.82 Å². The fraction of sp³-hybridized carbons (Fsp3) is 0. The van der Waals surface area contributed by atoms with E-state index in [9.17, 15) is 0 Å². The molecule has 0 fully saturated rings. The summed E-state index contributed by atoms with van der Waals surface area (Å²) in [4.78, 5) is 21.2. The van der Waals surface area contributed by atoms with Crippen molar-refractivity contribution in [3.8, 4) is 84.6 Å². The summed E-state index contributed by atoms with van der Waals surface area (Å²) in [6.07, 6.45) is 4.17. The van der Waals surface area contributed by atoms with E-state index in [4.69, 9.17) is 19.9 Å². The van der Waals surface area contributed by atoms with E-state index in [1.807, 2.05) is 24.3 Å². The van der Waals surface area contributed by atoms with Crippen LogP contribution in [0.3, 0.4) is 0 Å². The average molecular weight is 858 g/mol. The maximum atomic E-state index is 5.44. The van der Waals surface area contributed by atoms with Crippen molar-refractivity contribution >= 4 is 33.1 Å². The summed E-state index contributed by atoms with van der Waals surface area (Å²) in [6.45, 7) is 0. The molecule has 13 aromatic rings. The van der Waals surface area contributed by atoms with Crippen molar-refractivity contribution in [3.05, 3.63) is 237 Å². The molecule has 0 unspecified atom stereocenters. The monoisotopic (exact) mass is 857 g/mol. The van der Waals surface area contributed by atoms with E-state index < -0.39 is 0 Å². The molecule has 0 bridgehead atoms. The van der Waals surface area contributed by atoms with E-state index in [0.717, 1.165) is 101 Å². The summed E-state index contributed by atoms with van der Waals surface area (Å²) >= 11 is 0. The Morgan fingerprint density at radius 2 is 0.776 bits per heavy atom. The van der Waals surface area contributed by atoms with Crippen molar-refractivity contribution in [2.24, 2.45) is 0 Å². The van der Waals surface area contributed by atoms with Crippen LogP contribution >= 0.6 is 0 Å². The molecule has 6 aromatic heterocycles. The smallest absolute Gasteiger partial charge is 0.160 e. The molecule has 0 spiro atoms. The summed E-state index contributed by atoms with van der Waals surface area (Å²) in [5.41, 5.74) is 17.7. The van der Waals surface area contributed by atoms with Gasteiger partial charge in [-0.15, -0.1) is 0 Å². The third-order valence-electron chi connectivity index (χ3n) is 12.7. The van der Waals surface area contributed by atoms with Crippen LogP contribution in [0.1, 0.15) is 0 Å². The molecule has 0 saturated carbocycles. The number of imidazole rings is 2. The van der Waals surface area contributed by atoms with Crippen LogP contribution in [0.15, 0.2) is 237 Å². The van der Waals surface area contributed by atoms with Crippen molar-refractivity contribution in [2.75, 3.05) is 0 Å². The predicted molar refractivity (Wildman–Crippen MR) is 272 cm³/mol. The lowest BCUT2D eigenvalue weighted by Crippen LogP contribution is -1.98. The number of para-hydroxylation sites is 2. The van der Waals surface area contributed by atoms with Crippen LogP contribution in [0.2, 0.25) is 0 Å². The van der Waals surface area contributed by atoms with Crippen LogP contribution in [0, 0.1) is 0 Å². The molecule has 314 valence electrons. The normalized spacial score (nSPS) is 11.6. The fourth-order valence-electron chi connectivity index (χ4n) is 9.63. The van der Waals surface area contributed by atoms with E-state index in [1.165, 1.54) is 10.8 Å². The molecule has 0 saturated heterocycles. The van der Waals surface area contributed by atoms with Crippen molar-refractivity contribution in [2.45, 2.75) is 0 Å². The van der Waals surface area contributed by atoms with Crippen molar-refractivity contribution in [3.63, 3.8) is 0 Å². The number of hydrogen-bond acceptors (Lipinski definition) is 4. The van der Waals surface area contributed by atoms with Gasteiger partial charge in [0.25, 0.3) is 0 Å². The summed E-state index contributed by atoms with van der Waals surface area (Å²) in [6, 6.07) is 78.3. The molecule has 6 heterocycles. The van der Waals surface area contributed by atoms with E-state index in [1.54, 1.807) is 0 Å². The van der Waals surface area contributed by atoms with Gasteiger partial charge in [-0.1, -0.05) is 158 Å². The summed E-state index contributed by atoms with van der Waals surface area (Å²) in [5.74, 6) is 0.634. The van der Waals surface area contributed by atoms with Crippen LogP contribution in [-0.4, -0.2) is 33.3 Å². The second kappa shape index (κ2) is 15.8. The molecular formula is C60H39N7. The molecule has 7 nitrogen and oxygen atoms in total. The number of pyridine rings is 2. The third kappa shape index (κ3) is 6.60. The largest absolute Gasteiger partial charge is 0.309 e. The first-order valence-electron chi connectivity index (χ1n) is 22.5. The quantitative estimate of drug-likeness (QED) is 0.153. The Morgan fingerprint density at radius 1 is 0.299 bits per heavy atom. The summed E-state index contributed by atoms with van der Waals surface area (Å²) < 4.78 is 6.69. The highest BCUT2D eigenvalue weighted by molar-refractivity contribution is 6.10. The second-order valence-corrected chi connectivity index (χ2v) is 16.8. The standard InChI is InChI=1S/C60H39N7/c1-4-18-40(19-5-1)56-58(65-34-14-12-30-54(65)63-56)44-24-16-22-42(36-44)50-39-51(43-23-17-25-45(37-43)59-57(41-20-6-2-7-21-41)64-55-31-13-15-35-66(55)59)62-60(61-50)46-32-33-49-48-28-10-11-29-52(48)67(53(49)38-46)47-26-8-3-9-27-47/h1-39H. The van der Waals surface area contributed by atoms with E-state index in [-0.39, 0.29) is 0 Å². The highest BCUT2D eigenvalue weighted by Gasteiger charge is 2.21. The molecule has 0 N–H and O–H groups in total. The van der Waals surface area contributed by atoms with Gasteiger partial charge in [-0.3, -0.25) is 8.80 Å². The minimum absolute atomic E-state index is 0.634. The molecule has 0 radical (unpaired) electrons. The zero-order chi connectivity index (χ0) is 44.3. The number of rotatable bonds is 8. The van der Waals surface area contributed by atoms with Crippen LogP contribution in [-0.2, 0) is 0 Å². The Kier molecular flexibility index (Phi) is 9.03. The zero-order valence-corrected chi connectivity index (χ0v) is 36.1. The zero-order valence-electron chi connectivity index (χ0n) is 36.1. The van der Waals surface area contributed by atoms with Gasteiger partial charge in [-0.2, -0.15) is 0 Å². The number of benzene rings is 7. The maximum absolute atomic E-state index is 5.44. The van der Waals surface area contributed by atoms with E-state index in [0.29, 0.717) is 5.82 Å². The molecule has 0 atom stereocenters. The van der Waals surface area contributed by atoms with Crippen LogP contribution in [0.5, 0.6) is 0 Å². The molecule has 0 aliphatic heterocycles. The van der Waals surface area contributed by atoms with Crippen LogP contribution in [0.25, 0.3) is 118 Å². The highest BCUT2D eigenvalue weighted by Crippen LogP contribution is 2.39. The number of nitrogens with zero attached hydrogens (tertiary/aromatic N) is 7. The maximum Gasteiger partial charge on any atom is 0.160 e. The van der Waals surface area contributed by atoms with Crippen molar-refractivity contribution in [1.29, 1.82) is 0 Å². The van der Waals surface area contributed by atoms with Crippen molar-refractivity contribution in [1.82, 2.24) is 33.3 Å². The topological polar surface area (TPSA) is 65.3 Å². The Morgan fingerprint density at radius 3 is 1.36 bits per heavy atom. The Hall–Kier alpha value is -9.20. The molecular weight excluding hydrogens is 819 g/mol. The molecule has 0 amide bonds. The Balaban J connectivity index is 1.02. The molecule has 67 heavy (non-hydrogen) atoms. The lowest BCUT2D eigenvalue weighted by molar-refractivity contribution is 1.17. The van der Waals surface area contributed by atoms with Gasteiger partial charge in [0.2, 0.25) is 0 Å². The third-order valence-corrected chi connectivity index (χ3v) is 12.7. The van der Waals surface area contributed by atoms with Gasteiger partial charge in [0.1, 0.15) is 11.3 Å². The van der Waals surface area contributed by atoms with E-state index >= 15 is 0 Å². The lowest BCUT2D eigenvalue weighted by Gasteiger charge is -2.13. The van der Waals surface area contributed by atoms with Gasteiger partial charge in [-0.05, 0) is 66.7 Å². The number of aromatic nitrogens is 7. The predicted octanol–water partition coefficient (Wildman–Crippen LogP) is 14.5. The SMILES string of the molecule is c1ccc(-c2nc3ccccn3c2-c2cccc(-c3cc(-c4cccc(-c5c(-c6ccccc6)nc6ccccn56)c4)nc(-c4ccc5c6ccccc6n(-c6ccccc6)c5c4)n3)c2)cc1. The minimum atomic E-state index is 0.634. The molecule has 7 aromatic carbocycles. The first-order valence-corrected chi connectivity index (χ1v) is 22.5. The average Bonchev–Trinajstić information content (AvgIpc) is 4.10. The Bertz CT molecular complexity index is 3800. The summed E-state index contributed by atoms with van der Waals surface area (Å²) in [5, 5.41) is 2.37. The number of fused-ring (bicyclic) bond motifs is 5. The van der Waals surface area contributed by atoms with Gasteiger partial charge in [0.05, 0.1) is 45.2 Å². The minimum Gasteiger partial charge on any atom is -0.309 e. The first-order chi connectivity index (χ1) is 33.2. The molecule has 13 rings (SSSR count). The first kappa shape index (κ1) is 38.3. The van der Waals surface area contributed by atoms with Crippen molar-refractivity contribution < 1.29 is 0 Å². The summed E-state index contributed by atoms with van der Waals surface area (Å²) in [7, 11) is 0. The van der Waals surface area contributed by atoms with Gasteiger partial charge < -0.3 is 4.57 Å². The highest BCUT2D eigenvalue weighted by atomic mass is 15.0. The lowest BCUT2D eigenvalue weighted by atomic mass is 9.99. The van der Waals surface area contributed by atoms with Crippen LogP contribution < -0.4 is 0 Å². The second-order valence-electron chi connectivity index (χ2n) is 16.8. The van der Waals surface area contributed by atoms with Gasteiger partial charge >= 0.3 is 0 Å². The number of hydrogen-bond donors (Lipinski definition) is 0. The van der Waals surface area contributed by atoms with Crippen LogP contribution in [0.4, 0.5) is 0 Å². The molecule has 0 aliphatic carbocycles.